The van der Waals surface area contributed by atoms with Crippen LogP contribution in [0.2, 0.25) is 0 Å². The number of imidazole rings is 1. The van der Waals surface area contributed by atoms with Crippen LogP contribution >= 0.6 is 0 Å². The number of aromatic nitrogens is 2. The highest BCUT2D eigenvalue weighted by Crippen LogP contribution is 2.57. The van der Waals surface area contributed by atoms with Gasteiger partial charge in [0.2, 0.25) is 0 Å². The van der Waals surface area contributed by atoms with Crippen molar-refractivity contribution >= 4 is 0 Å². The zero-order chi connectivity index (χ0) is 12.4. The molecule has 1 aromatic rings. The number of H-pyrrole nitrogens is 1. The number of nitrogens with zero attached hydrogens (tertiary/aromatic N) is 1. The van der Waals surface area contributed by atoms with Crippen molar-refractivity contribution in [1.82, 2.24) is 15.3 Å². The Kier molecular flexibility index (Phi) is 3.39. The fraction of sp³-hybridized carbons (Fsp3) is 0.786. The Morgan fingerprint density at radius 2 is 2.44 bits per heavy atom. The molecule has 2 atom stereocenters. The second kappa shape index (κ2) is 5.02. The highest BCUT2D eigenvalue weighted by molar-refractivity contribution is 5.12. The molecule has 2 unspecified atom stereocenters. The van der Waals surface area contributed by atoms with Crippen molar-refractivity contribution in [3.05, 3.63) is 18.2 Å². The van der Waals surface area contributed by atoms with Crippen LogP contribution in [-0.4, -0.2) is 35.3 Å². The van der Waals surface area contributed by atoms with E-state index in [0.717, 1.165) is 25.4 Å². The molecular weight excluding hydrogens is 226 g/mol. The molecule has 18 heavy (non-hydrogen) atoms. The van der Waals surface area contributed by atoms with E-state index < -0.39 is 0 Å². The van der Waals surface area contributed by atoms with E-state index in [9.17, 15) is 0 Å². The van der Waals surface area contributed by atoms with Gasteiger partial charge in [-0.25, -0.2) is 4.98 Å². The van der Waals surface area contributed by atoms with Gasteiger partial charge in [0.15, 0.2) is 0 Å². The lowest BCUT2D eigenvalue weighted by molar-refractivity contribution is -0.172. The second-order valence-corrected chi connectivity index (χ2v) is 5.56. The van der Waals surface area contributed by atoms with Gasteiger partial charge in [-0.2, -0.15) is 0 Å². The Bertz CT molecular complexity index is 372. The minimum Gasteiger partial charge on any atom is -0.378 e. The summed E-state index contributed by atoms with van der Waals surface area (Å²) in [6, 6.07) is 0.665. The van der Waals surface area contributed by atoms with Crippen LogP contribution in [0.4, 0.5) is 0 Å². The van der Waals surface area contributed by atoms with Crippen LogP contribution in [0.1, 0.15) is 38.4 Å². The third-order valence-corrected chi connectivity index (χ3v) is 4.74. The third-order valence-electron chi connectivity index (χ3n) is 4.74. The molecule has 2 aliphatic rings. The van der Waals surface area contributed by atoms with Gasteiger partial charge in [0.1, 0.15) is 5.82 Å². The van der Waals surface area contributed by atoms with Crippen LogP contribution in [-0.2, 0) is 11.2 Å². The summed E-state index contributed by atoms with van der Waals surface area (Å²) < 4.78 is 5.86. The Morgan fingerprint density at radius 1 is 1.56 bits per heavy atom. The molecule has 0 aliphatic heterocycles. The van der Waals surface area contributed by atoms with E-state index >= 15 is 0 Å². The fourth-order valence-corrected chi connectivity index (χ4v) is 3.52. The SMILES string of the molecule is CCOC1CC(NCCc2ncc[nH]2)C12CCC2. The van der Waals surface area contributed by atoms with E-state index in [-0.39, 0.29) is 0 Å². The predicted molar refractivity (Wildman–Crippen MR) is 70.4 cm³/mol. The Morgan fingerprint density at radius 3 is 3.06 bits per heavy atom. The molecule has 1 aromatic heterocycles. The van der Waals surface area contributed by atoms with Crippen molar-refractivity contribution in [1.29, 1.82) is 0 Å². The molecule has 1 heterocycles. The van der Waals surface area contributed by atoms with Crippen molar-refractivity contribution in [3.63, 3.8) is 0 Å². The number of nitrogens with one attached hydrogen (secondary N) is 2. The molecular formula is C14H23N3O. The van der Waals surface area contributed by atoms with Crippen LogP contribution in [0.15, 0.2) is 12.4 Å². The van der Waals surface area contributed by atoms with Gasteiger partial charge in [0, 0.05) is 43.4 Å². The van der Waals surface area contributed by atoms with Gasteiger partial charge in [-0.05, 0) is 26.2 Å². The van der Waals surface area contributed by atoms with Gasteiger partial charge in [-0.15, -0.1) is 0 Å². The zero-order valence-electron chi connectivity index (χ0n) is 11.1. The summed E-state index contributed by atoms with van der Waals surface area (Å²) in [6.45, 7) is 3.97. The molecule has 0 amide bonds. The van der Waals surface area contributed by atoms with E-state index in [4.69, 9.17) is 4.74 Å². The van der Waals surface area contributed by atoms with Crippen LogP contribution in [0.25, 0.3) is 0 Å². The van der Waals surface area contributed by atoms with Crippen molar-refractivity contribution in [2.24, 2.45) is 5.41 Å². The molecule has 0 bridgehead atoms. The molecule has 2 fully saturated rings. The number of ether oxygens (including phenoxy) is 1. The van der Waals surface area contributed by atoms with Gasteiger partial charge in [-0.3, -0.25) is 0 Å². The summed E-state index contributed by atoms with van der Waals surface area (Å²) in [7, 11) is 0. The van der Waals surface area contributed by atoms with E-state index in [1.807, 2.05) is 12.4 Å². The normalized spacial score (nSPS) is 28.9. The van der Waals surface area contributed by atoms with E-state index in [2.05, 4.69) is 22.2 Å². The lowest BCUT2D eigenvalue weighted by Gasteiger charge is -2.61. The molecule has 1 spiro atoms. The number of hydrogen-bond acceptors (Lipinski definition) is 3. The largest absolute Gasteiger partial charge is 0.378 e. The molecule has 0 saturated heterocycles. The maximum absolute atomic E-state index is 5.86. The molecule has 4 heteroatoms. The first-order chi connectivity index (χ1) is 8.85. The highest BCUT2D eigenvalue weighted by atomic mass is 16.5. The monoisotopic (exact) mass is 249 g/mol. The van der Waals surface area contributed by atoms with E-state index in [1.165, 1.54) is 25.7 Å². The average Bonchev–Trinajstić information content (AvgIpc) is 2.77. The van der Waals surface area contributed by atoms with Crippen LogP contribution in [0.3, 0.4) is 0 Å². The Hall–Kier alpha value is -0.870. The second-order valence-electron chi connectivity index (χ2n) is 5.56. The van der Waals surface area contributed by atoms with Gasteiger partial charge in [0.25, 0.3) is 0 Å². The van der Waals surface area contributed by atoms with Gasteiger partial charge in [-0.1, -0.05) is 6.42 Å². The van der Waals surface area contributed by atoms with Crippen LogP contribution < -0.4 is 5.32 Å². The van der Waals surface area contributed by atoms with E-state index in [1.54, 1.807) is 0 Å². The quantitative estimate of drug-likeness (QED) is 0.809. The van der Waals surface area contributed by atoms with Crippen molar-refractivity contribution < 1.29 is 4.74 Å². The number of aromatic amines is 1. The van der Waals surface area contributed by atoms with E-state index in [0.29, 0.717) is 17.6 Å². The lowest BCUT2D eigenvalue weighted by Crippen LogP contribution is -2.67. The van der Waals surface area contributed by atoms with Crippen molar-refractivity contribution in [2.45, 2.75) is 51.2 Å². The minimum absolute atomic E-state index is 0.471. The average molecular weight is 249 g/mol. The van der Waals surface area contributed by atoms with Crippen molar-refractivity contribution in [3.8, 4) is 0 Å². The Balaban J connectivity index is 1.46. The summed E-state index contributed by atoms with van der Waals surface area (Å²) >= 11 is 0. The summed E-state index contributed by atoms with van der Waals surface area (Å²) in [5.41, 5.74) is 0.471. The fourth-order valence-electron chi connectivity index (χ4n) is 3.52. The summed E-state index contributed by atoms with van der Waals surface area (Å²) in [5, 5.41) is 3.70. The summed E-state index contributed by atoms with van der Waals surface area (Å²) in [4.78, 5) is 7.40. The first kappa shape index (κ1) is 12.2. The van der Waals surface area contributed by atoms with Crippen LogP contribution in [0.5, 0.6) is 0 Å². The molecule has 3 rings (SSSR count). The molecule has 2 aliphatic carbocycles. The predicted octanol–water partition coefficient (Wildman–Crippen LogP) is 1.89. The minimum atomic E-state index is 0.471. The maximum Gasteiger partial charge on any atom is 0.107 e. The topological polar surface area (TPSA) is 49.9 Å². The van der Waals surface area contributed by atoms with Crippen molar-refractivity contribution in [2.75, 3.05) is 13.2 Å². The molecule has 2 N–H and O–H groups in total. The smallest absolute Gasteiger partial charge is 0.107 e. The molecule has 100 valence electrons. The highest BCUT2D eigenvalue weighted by Gasteiger charge is 2.58. The van der Waals surface area contributed by atoms with Gasteiger partial charge >= 0.3 is 0 Å². The maximum atomic E-state index is 5.86. The lowest BCUT2D eigenvalue weighted by atomic mass is 9.51. The number of hydrogen-bond donors (Lipinski definition) is 2. The standard InChI is InChI=1S/C14H23N3O/c1-2-18-12-10-11(14(12)5-3-6-14)15-7-4-13-16-8-9-17-13/h8-9,11-12,15H,2-7,10H2,1H3,(H,16,17). The number of rotatable bonds is 6. The van der Waals surface area contributed by atoms with Crippen LogP contribution in [0, 0.1) is 5.41 Å². The summed E-state index contributed by atoms with van der Waals surface area (Å²) in [6.07, 6.45) is 10.4. The van der Waals surface area contributed by atoms with Gasteiger partial charge in [0.05, 0.1) is 6.10 Å². The van der Waals surface area contributed by atoms with Gasteiger partial charge < -0.3 is 15.0 Å². The first-order valence-electron chi connectivity index (χ1n) is 7.18. The summed E-state index contributed by atoms with van der Waals surface area (Å²) in [5.74, 6) is 1.07. The molecule has 0 radical (unpaired) electrons. The molecule has 4 nitrogen and oxygen atoms in total. The molecule has 2 saturated carbocycles. The Labute approximate surface area is 109 Å². The first-order valence-corrected chi connectivity index (χ1v) is 7.18. The molecule has 0 aromatic carbocycles. The zero-order valence-corrected chi connectivity index (χ0v) is 11.1. The third kappa shape index (κ3) is 1.97.